The number of rotatable bonds is 1. The van der Waals surface area contributed by atoms with Gasteiger partial charge in [0, 0.05) is 5.69 Å². The zero-order valence-electron chi connectivity index (χ0n) is 5.63. The molecular formula is C7H8FN2NaS. The van der Waals surface area contributed by atoms with Crippen molar-refractivity contribution in [1.29, 1.82) is 5.41 Å². The van der Waals surface area contributed by atoms with E-state index in [9.17, 15) is 4.39 Å². The molecule has 2 N–H and O–H groups in total. The van der Waals surface area contributed by atoms with Gasteiger partial charge in [-0.1, -0.05) is 0 Å². The molecule has 0 atom stereocenters. The van der Waals surface area contributed by atoms with E-state index < -0.39 is 0 Å². The second-order valence-corrected chi connectivity index (χ2v) is 2.43. The van der Waals surface area contributed by atoms with Gasteiger partial charge in [0.1, 0.15) is 5.82 Å². The topological polar surface area (TPSA) is 35.9 Å². The first kappa shape index (κ1) is 12.0. The summed E-state index contributed by atoms with van der Waals surface area (Å²) in [5.74, 6) is -0.291. The predicted molar refractivity (Wildman–Crippen MR) is 53.9 cm³/mol. The van der Waals surface area contributed by atoms with E-state index in [1.807, 2.05) is 0 Å². The molecular weight excluding hydrogens is 186 g/mol. The number of anilines is 1. The number of nitrogens with one attached hydrogen (secondary N) is 2. The van der Waals surface area contributed by atoms with Gasteiger partial charge in [0.15, 0.2) is 5.17 Å². The van der Waals surface area contributed by atoms with Crippen LogP contribution in [0.25, 0.3) is 0 Å². The monoisotopic (exact) mass is 194 g/mol. The van der Waals surface area contributed by atoms with Gasteiger partial charge in [-0.15, -0.1) is 12.6 Å². The van der Waals surface area contributed by atoms with Crippen molar-refractivity contribution in [2.24, 2.45) is 0 Å². The van der Waals surface area contributed by atoms with Gasteiger partial charge in [-0.3, -0.25) is 5.41 Å². The molecule has 0 unspecified atom stereocenters. The number of amidine groups is 1. The van der Waals surface area contributed by atoms with Crippen LogP contribution in [0.2, 0.25) is 0 Å². The Morgan fingerprint density at radius 2 is 1.83 bits per heavy atom. The molecule has 5 heteroatoms. The van der Waals surface area contributed by atoms with Crippen LogP contribution in [-0.2, 0) is 0 Å². The van der Waals surface area contributed by atoms with Gasteiger partial charge in [0.2, 0.25) is 0 Å². The van der Waals surface area contributed by atoms with Gasteiger partial charge in [-0.2, -0.15) is 0 Å². The van der Waals surface area contributed by atoms with Crippen LogP contribution in [0.5, 0.6) is 0 Å². The number of halogens is 1. The van der Waals surface area contributed by atoms with Gasteiger partial charge < -0.3 is 5.32 Å². The Labute approximate surface area is 97.8 Å². The molecule has 0 fully saturated rings. The fraction of sp³-hybridized carbons (Fsp3) is 0. The Morgan fingerprint density at radius 1 is 1.33 bits per heavy atom. The van der Waals surface area contributed by atoms with Crippen molar-refractivity contribution in [2.45, 2.75) is 0 Å². The van der Waals surface area contributed by atoms with E-state index in [0.717, 1.165) is 0 Å². The number of benzene rings is 1. The first-order valence-corrected chi connectivity index (χ1v) is 3.43. The average Bonchev–Trinajstić information content (AvgIpc) is 1.93. The fourth-order valence-electron chi connectivity index (χ4n) is 0.670. The average molecular weight is 194 g/mol. The van der Waals surface area contributed by atoms with Crippen molar-refractivity contribution >= 4 is 53.0 Å². The molecule has 12 heavy (non-hydrogen) atoms. The maximum atomic E-state index is 12.3. The van der Waals surface area contributed by atoms with E-state index in [0.29, 0.717) is 5.69 Å². The van der Waals surface area contributed by atoms with Crippen LogP contribution in [0.1, 0.15) is 0 Å². The van der Waals surface area contributed by atoms with E-state index in [1.54, 1.807) is 12.1 Å². The van der Waals surface area contributed by atoms with E-state index in [4.69, 9.17) is 5.41 Å². The molecule has 60 valence electrons. The van der Waals surface area contributed by atoms with Crippen LogP contribution >= 0.6 is 12.6 Å². The third-order valence-electron chi connectivity index (χ3n) is 1.11. The van der Waals surface area contributed by atoms with Crippen LogP contribution in [0, 0.1) is 11.2 Å². The van der Waals surface area contributed by atoms with E-state index in [2.05, 4.69) is 17.9 Å². The summed E-state index contributed by atoms with van der Waals surface area (Å²) in [6, 6.07) is 5.72. The molecule has 1 rings (SSSR count). The predicted octanol–water partition coefficient (Wildman–Crippen LogP) is 1.45. The van der Waals surface area contributed by atoms with Gasteiger partial charge in [-0.05, 0) is 24.3 Å². The third-order valence-corrected chi connectivity index (χ3v) is 1.22. The van der Waals surface area contributed by atoms with Crippen molar-refractivity contribution in [3.63, 3.8) is 0 Å². The molecule has 0 heterocycles. The van der Waals surface area contributed by atoms with Gasteiger partial charge in [0.05, 0.1) is 0 Å². The molecule has 0 spiro atoms. The van der Waals surface area contributed by atoms with Crippen LogP contribution in [-0.4, -0.2) is 34.7 Å². The molecule has 0 saturated heterocycles. The van der Waals surface area contributed by atoms with Crippen molar-refractivity contribution in [2.75, 3.05) is 5.32 Å². The standard InChI is InChI=1S/C7H7FN2S.Na.H/c8-5-1-3-6(4-2-5)10-7(9)11;;/h1-4H,(H3,9,10,11);;. The molecule has 0 aliphatic heterocycles. The summed E-state index contributed by atoms with van der Waals surface area (Å²) in [5, 5.41) is 9.60. The Morgan fingerprint density at radius 3 is 2.25 bits per heavy atom. The zero-order chi connectivity index (χ0) is 8.27. The molecule has 1 aromatic carbocycles. The molecule has 0 radical (unpaired) electrons. The van der Waals surface area contributed by atoms with Crippen molar-refractivity contribution in [1.82, 2.24) is 0 Å². The molecule has 0 aromatic heterocycles. The first-order valence-electron chi connectivity index (χ1n) is 2.98. The molecule has 0 aliphatic rings. The molecule has 0 amide bonds. The Bertz CT molecular complexity index is 263. The number of hydrogen-bond donors (Lipinski definition) is 3. The van der Waals surface area contributed by atoms with Crippen LogP contribution in [0.3, 0.4) is 0 Å². The van der Waals surface area contributed by atoms with Crippen molar-refractivity contribution < 1.29 is 4.39 Å². The molecule has 1 aromatic rings. The van der Waals surface area contributed by atoms with Crippen LogP contribution < -0.4 is 5.32 Å². The molecule has 0 aliphatic carbocycles. The molecule has 0 bridgehead atoms. The minimum absolute atomic E-state index is 0. The van der Waals surface area contributed by atoms with E-state index >= 15 is 0 Å². The summed E-state index contributed by atoms with van der Waals surface area (Å²) in [6.45, 7) is 0. The SMILES string of the molecule is N=C(S)Nc1ccc(F)cc1.[NaH]. The summed E-state index contributed by atoms with van der Waals surface area (Å²) < 4.78 is 12.3. The summed E-state index contributed by atoms with van der Waals surface area (Å²) in [5.41, 5.74) is 0.659. The van der Waals surface area contributed by atoms with Crippen molar-refractivity contribution in [3.05, 3.63) is 30.1 Å². The van der Waals surface area contributed by atoms with Gasteiger partial charge >= 0.3 is 29.6 Å². The maximum absolute atomic E-state index is 12.3. The third kappa shape index (κ3) is 4.11. The fourth-order valence-corrected chi connectivity index (χ4v) is 0.799. The normalized spacial score (nSPS) is 8.50. The van der Waals surface area contributed by atoms with Crippen LogP contribution in [0.15, 0.2) is 24.3 Å². The number of thiol groups is 1. The van der Waals surface area contributed by atoms with Gasteiger partial charge in [0.25, 0.3) is 0 Å². The summed E-state index contributed by atoms with van der Waals surface area (Å²) in [7, 11) is 0. The van der Waals surface area contributed by atoms with Gasteiger partial charge in [-0.25, -0.2) is 4.39 Å². The quantitative estimate of drug-likeness (QED) is 0.269. The Hall–Kier alpha value is -0.0300. The van der Waals surface area contributed by atoms with Crippen LogP contribution in [0.4, 0.5) is 10.1 Å². The summed E-state index contributed by atoms with van der Waals surface area (Å²) in [6.07, 6.45) is 0. The molecule has 2 nitrogen and oxygen atoms in total. The second kappa shape index (κ2) is 5.59. The summed E-state index contributed by atoms with van der Waals surface area (Å²) >= 11 is 3.71. The second-order valence-electron chi connectivity index (χ2n) is 1.98. The van der Waals surface area contributed by atoms with E-state index in [-0.39, 0.29) is 40.5 Å². The molecule has 0 saturated carbocycles. The Balaban J connectivity index is 0.00000121. The number of hydrogen-bond acceptors (Lipinski definition) is 1. The van der Waals surface area contributed by atoms with Crippen molar-refractivity contribution in [3.8, 4) is 0 Å². The minimum atomic E-state index is -0.291. The zero-order valence-corrected chi connectivity index (χ0v) is 6.53. The Kier molecular flexibility index (Phi) is 5.57. The summed E-state index contributed by atoms with van der Waals surface area (Å²) in [4.78, 5) is 0. The first-order chi connectivity index (χ1) is 5.18. The van der Waals surface area contributed by atoms with E-state index in [1.165, 1.54) is 12.1 Å².